The minimum atomic E-state index is 0.406. The molecule has 0 rings (SSSR count). The SMILES string of the molecule is C=C(CC)CNC(C)CN. The van der Waals surface area contributed by atoms with Gasteiger partial charge in [0.1, 0.15) is 0 Å². The lowest BCUT2D eigenvalue weighted by Gasteiger charge is -2.11. The van der Waals surface area contributed by atoms with Crippen LogP contribution in [0.5, 0.6) is 0 Å². The minimum Gasteiger partial charge on any atom is -0.329 e. The van der Waals surface area contributed by atoms with Gasteiger partial charge in [-0.05, 0) is 13.3 Å². The molecule has 0 aromatic rings. The van der Waals surface area contributed by atoms with E-state index in [-0.39, 0.29) is 0 Å². The number of nitrogens with one attached hydrogen (secondary N) is 1. The van der Waals surface area contributed by atoms with Gasteiger partial charge in [0.25, 0.3) is 0 Å². The van der Waals surface area contributed by atoms with Gasteiger partial charge >= 0.3 is 0 Å². The third-order valence-electron chi connectivity index (χ3n) is 1.55. The summed E-state index contributed by atoms with van der Waals surface area (Å²) in [6.07, 6.45) is 1.05. The first-order valence-corrected chi connectivity index (χ1v) is 3.80. The van der Waals surface area contributed by atoms with Gasteiger partial charge in [-0.2, -0.15) is 0 Å². The van der Waals surface area contributed by atoms with E-state index in [0.29, 0.717) is 12.6 Å². The summed E-state index contributed by atoms with van der Waals surface area (Å²) in [5, 5.41) is 3.26. The van der Waals surface area contributed by atoms with Crippen molar-refractivity contribution >= 4 is 0 Å². The molecule has 10 heavy (non-hydrogen) atoms. The molecule has 0 heterocycles. The van der Waals surface area contributed by atoms with Crippen LogP contribution < -0.4 is 11.1 Å². The Balaban J connectivity index is 3.26. The van der Waals surface area contributed by atoms with Crippen LogP contribution in [0, 0.1) is 0 Å². The quantitative estimate of drug-likeness (QED) is 0.559. The summed E-state index contributed by atoms with van der Waals surface area (Å²) in [7, 11) is 0. The highest BCUT2D eigenvalue weighted by Crippen LogP contribution is 1.93. The lowest BCUT2D eigenvalue weighted by atomic mass is 10.2. The van der Waals surface area contributed by atoms with Crippen LogP contribution in [-0.2, 0) is 0 Å². The Kier molecular flexibility index (Phi) is 5.26. The lowest BCUT2D eigenvalue weighted by molar-refractivity contribution is 0.580. The number of hydrogen-bond acceptors (Lipinski definition) is 2. The predicted octanol–water partition coefficient (Wildman–Crippen LogP) is 0.889. The third kappa shape index (κ3) is 4.53. The molecule has 0 spiro atoms. The van der Waals surface area contributed by atoms with Crippen molar-refractivity contribution in [3.63, 3.8) is 0 Å². The van der Waals surface area contributed by atoms with Crippen LogP contribution in [0.2, 0.25) is 0 Å². The fourth-order valence-electron chi connectivity index (χ4n) is 0.527. The molecule has 0 fully saturated rings. The van der Waals surface area contributed by atoms with Crippen LogP contribution in [-0.4, -0.2) is 19.1 Å². The molecule has 0 bridgehead atoms. The van der Waals surface area contributed by atoms with Crippen molar-refractivity contribution < 1.29 is 0 Å². The molecule has 0 aromatic heterocycles. The van der Waals surface area contributed by atoms with Gasteiger partial charge in [-0.25, -0.2) is 0 Å². The zero-order valence-electron chi connectivity index (χ0n) is 6.98. The molecular weight excluding hydrogens is 124 g/mol. The Bertz CT molecular complexity index is 99.4. The molecule has 0 aliphatic rings. The molecule has 0 aliphatic carbocycles. The standard InChI is InChI=1S/C8H18N2/c1-4-7(2)6-10-8(3)5-9/h8,10H,2,4-6,9H2,1,3H3. The Labute approximate surface area is 63.5 Å². The topological polar surface area (TPSA) is 38.0 Å². The highest BCUT2D eigenvalue weighted by molar-refractivity contribution is 4.95. The smallest absolute Gasteiger partial charge is 0.0165 e. The highest BCUT2D eigenvalue weighted by atomic mass is 14.9. The highest BCUT2D eigenvalue weighted by Gasteiger charge is 1.96. The molecule has 2 heteroatoms. The van der Waals surface area contributed by atoms with E-state index in [2.05, 4.69) is 25.7 Å². The molecule has 1 atom stereocenters. The van der Waals surface area contributed by atoms with E-state index in [0.717, 1.165) is 13.0 Å². The molecule has 1 unspecified atom stereocenters. The van der Waals surface area contributed by atoms with Gasteiger partial charge in [0.15, 0.2) is 0 Å². The van der Waals surface area contributed by atoms with E-state index in [1.165, 1.54) is 5.57 Å². The summed E-state index contributed by atoms with van der Waals surface area (Å²) >= 11 is 0. The maximum Gasteiger partial charge on any atom is 0.0165 e. The predicted molar refractivity (Wildman–Crippen MR) is 46.0 cm³/mol. The molecule has 0 radical (unpaired) electrons. The van der Waals surface area contributed by atoms with Crippen LogP contribution in [0.4, 0.5) is 0 Å². The fourth-order valence-corrected chi connectivity index (χ4v) is 0.527. The maximum absolute atomic E-state index is 5.41. The van der Waals surface area contributed by atoms with E-state index in [1.807, 2.05) is 0 Å². The lowest BCUT2D eigenvalue weighted by Crippen LogP contribution is -2.34. The number of nitrogens with two attached hydrogens (primary N) is 1. The molecule has 0 amide bonds. The molecule has 0 saturated heterocycles. The normalized spacial score (nSPS) is 13.1. The Hall–Kier alpha value is -0.340. The van der Waals surface area contributed by atoms with Crippen LogP contribution >= 0.6 is 0 Å². The Morgan fingerprint density at radius 1 is 1.70 bits per heavy atom. The van der Waals surface area contributed by atoms with Crippen molar-refractivity contribution in [1.82, 2.24) is 5.32 Å². The second-order valence-electron chi connectivity index (χ2n) is 2.62. The number of hydrogen-bond donors (Lipinski definition) is 2. The summed E-state index contributed by atoms with van der Waals surface area (Å²) < 4.78 is 0. The Morgan fingerprint density at radius 3 is 2.70 bits per heavy atom. The second kappa shape index (κ2) is 5.45. The van der Waals surface area contributed by atoms with Crippen LogP contribution in [0.15, 0.2) is 12.2 Å². The van der Waals surface area contributed by atoms with Crippen LogP contribution in [0.25, 0.3) is 0 Å². The maximum atomic E-state index is 5.41. The van der Waals surface area contributed by atoms with Gasteiger partial charge < -0.3 is 11.1 Å². The summed E-state index contributed by atoms with van der Waals surface area (Å²) in [6, 6.07) is 0.406. The summed E-state index contributed by atoms with van der Waals surface area (Å²) in [4.78, 5) is 0. The molecule has 0 saturated carbocycles. The Morgan fingerprint density at radius 2 is 2.30 bits per heavy atom. The van der Waals surface area contributed by atoms with Crippen molar-refractivity contribution in [2.24, 2.45) is 5.73 Å². The first kappa shape index (κ1) is 9.66. The number of rotatable bonds is 5. The molecular formula is C8H18N2. The van der Waals surface area contributed by atoms with Gasteiger partial charge in [0.2, 0.25) is 0 Å². The van der Waals surface area contributed by atoms with Crippen LogP contribution in [0.1, 0.15) is 20.3 Å². The van der Waals surface area contributed by atoms with E-state index in [9.17, 15) is 0 Å². The van der Waals surface area contributed by atoms with Crippen LogP contribution in [0.3, 0.4) is 0 Å². The second-order valence-corrected chi connectivity index (χ2v) is 2.62. The average Bonchev–Trinajstić information content (AvgIpc) is 1.99. The molecule has 0 aromatic carbocycles. The van der Waals surface area contributed by atoms with Crippen molar-refractivity contribution in [3.05, 3.63) is 12.2 Å². The van der Waals surface area contributed by atoms with Crippen molar-refractivity contribution in [1.29, 1.82) is 0 Å². The third-order valence-corrected chi connectivity index (χ3v) is 1.55. The van der Waals surface area contributed by atoms with Gasteiger partial charge in [-0.1, -0.05) is 19.1 Å². The summed E-state index contributed by atoms with van der Waals surface area (Å²) in [6.45, 7) is 9.65. The zero-order chi connectivity index (χ0) is 7.98. The molecule has 60 valence electrons. The van der Waals surface area contributed by atoms with E-state index < -0.39 is 0 Å². The fraction of sp³-hybridized carbons (Fsp3) is 0.750. The van der Waals surface area contributed by atoms with E-state index in [4.69, 9.17) is 5.73 Å². The van der Waals surface area contributed by atoms with Crippen molar-refractivity contribution in [2.45, 2.75) is 26.3 Å². The monoisotopic (exact) mass is 142 g/mol. The minimum absolute atomic E-state index is 0.406. The van der Waals surface area contributed by atoms with Gasteiger partial charge in [-0.3, -0.25) is 0 Å². The van der Waals surface area contributed by atoms with Crippen molar-refractivity contribution in [3.8, 4) is 0 Å². The molecule has 3 N–H and O–H groups in total. The van der Waals surface area contributed by atoms with Gasteiger partial charge in [0.05, 0.1) is 0 Å². The first-order chi connectivity index (χ1) is 4.70. The average molecular weight is 142 g/mol. The summed E-state index contributed by atoms with van der Waals surface area (Å²) in [5.74, 6) is 0. The van der Waals surface area contributed by atoms with E-state index in [1.54, 1.807) is 0 Å². The van der Waals surface area contributed by atoms with Gasteiger partial charge in [-0.15, -0.1) is 0 Å². The van der Waals surface area contributed by atoms with E-state index >= 15 is 0 Å². The molecule has 0 aliphatic heterocycles. The first-order valence-electron chi connectivity index (χ1n) is 3.80. The molecule has 2 nitrogen and oxygen atoms in total. The summed E-state index contributed by atoms with van der Waals surface area (Å²) in [5.41, 5.74) is 6.64. The van der Waals surface area contributed by atoms with Crippen molar-refractivity contribution in [2.75, 3.05) is 13.1 Å². The van der Waals surface area contributed by atoms with Gasteiger partial charge in [0, 0.05) is 19.1 Å². The largest absolute Gasteiger partial charge is 0.329 e. The zero-order valence-corrected chi connectivity index (χ0v) is 6.98.